The van der Waals surface area contributed by atoms with Crippen LogP contribution in [0, 0.1) is 11.6 Å². The maximum Gasteiger partial charge on any atom is 0.159 e. The fraction of sp³-hybridized carbons (Fsp3) is 0.400. The average Bonchev–Trinajstić information content (AvgIpc) is 2.74. The van der Waals surface area contributed by atoms with Gasteiger partial charge in [-0.25, -0.2) is 8.78 Å². The van der Waals surface area contributed by atoms with E-state index in [0.29, 0.717) is 12.0 Å². The number of halogens is 3. The molecular formula is C15H18BrF2N3. The molecule has 0 radical (unpaired) electrons. The second-order valence-electron chi connectivity index (χ2n) is 4.90. The summed E-state index contributed by atoms with van der Waals surface area (Å²) < 4.78 is 29.3. The molecule has 2 rings (SSSR count). The highest BCUT2D eigenvalue weighted by molar-refractivity contribution is 9.10. The first-order valence-corrected chi connectivity index (χ1v) is 7.59. The molecule has 0 bridgehead atoms. The van der Waals surface area contributed by atoms with Gasteiger partial charge in [-0.15, -0.1) is 0 Å². The normalized spacial score (nSPS) is 12.7. The van der Waals surface area contributed by atoms with Crippen LogP contribution in [-0.2, 0) is 19.9 Å². The molecule has 1 N–H and O–H groups in total. The van der Waals surface area contributed by atoms with Gasteiger partial charge in [0, 0.05) is 19.5 Å². The predicted molar refractivity (Wildman–Crippen MR) is 82.1 cm³/mol. The third-order valence-electron chi connectivity index (χ3n) is 3.59. The van der Waals surface area contributed by atoms with Crippen LogP contribution in [0.15, 0.2) is 22.7 Å². The quantitative estimate of drug-likeness (QED) is 0.886. The molecule has 0 aliphatic rings. The van der Waals surface area contributed by atoms with Crippen LogP contribution >= 0.6 is 15.9 Å². The van der Waals surface area contributed by atoms with E-state index < -0.39 is 11.6 Å². The third-order valence-corrected chi connectivity index (χ3v) is 4.51. The third kappa shape index (κ3) is 3.32. The summed E-state index contributed by atoms with van der Waals surface area (Å²) in [4.78, 5) is 0. The molecule has 6 heteroatoms. The molecule has 2 aromatic rings. The molecule has 0 amide bonds. The highest BCUT2D eigenvalue weighted by atomic mass is 79.9. The molecule has 0 saturated carbocycles. The van der Waals surface area contributed by atoms with Crippen LogP contribution < -0.4 is 5.32 Å². The fourth-order valence-electron chi connectivity index (χ4n) is 2.35. The Kier molecular flexibility index (Phi) is 5.11. The molecule has 1 unspecified atom stereocenters. The molecule has 1 aromatic heterocycles. The van der Waals surface area contributed by atoms with E-state index >= 15 is 0 Å². The van der Waals surface area contributed by atoms with Gasteiger partial charge in [-0.2, -0.15) is 5.10 Å². The van der Waals surface area contributed by atoms with E-state index in [4.69, 9.17) is 0 Å². The molecule has 1 heterocycles. The van der Waals surface area contributed by atoms with Gasteiger partial charge in [0.25, 0.3) is 0 Å². The molecule has 0 aliphatic carbocycles. The van der Waals surface area contributed by atoms with Crippen molar-refractivity contribution in [2.24, 2.45) is 7.05 Å². The number of hydrogen-bond acceptors (Lipinski definition) is 2. The standard InChI is InChI=1S/C15H18BrF2N3/c1-4-12-15(16)14(21(3)20-12)8-13(19-2)9-5-6-10(17)11(18)7-9/h5-7,13,19H,4,8H2,1-3H3. The van der Waals surface area contributed by atoms with Crippen molar-refractivity contribution in [3.63, 3.8) is 0 Å². The number of nitrogens with one attached hydrogen (secondary N) is 1. The summed E-state index contributed by atoms with van der Waals surface area (Å²) in [6.07, 6.45) is 1.47. The lowest BCUT2D eigenvalue weighted by molar-refractivity contribution is 0.499. The lowest BCUT2D eigenvalue weighted by Gasteiger charge is -2.17. The van der Waals surface area contributed by atoms with Crippen LogP contribution in [0.5, 0.6) is 0 Å². The minimum absolute atomic E-state index is 0.114. The summed E-state index contributed by atoms with van der Waals surface area (Å²) in [5, 5.41) is 7.59. The topological polar surface area (TPSA) is 29.9 Å². The zero-order chi connectivity index (χ0) is 15.6. The van der Waals surface area contributed by atoms with Gasteiger partial charge >= 0.3 is 0 Å². The second kappa shape index (κ2) is 6.66. The molecule has 0 fully saturated rings. The minimum atomic E-state index is -0.830. The molecule has 0 spiro atoms. The second-order valence-corrected chi connectivity index (χ2v) is 5.70. The average molecular weight is 358 g/mol. The van der Waals surface area contributed by atoms with Crippen LogP contribution in [0.3, 0.4) is 0 Å². The Labute approximate surface area is 131 Å². The number of benzene rings is 1. The van der Waals surface area contributed by atoms with E-state index in [2.05, 4.69) is 26.3 Å². The summed E-state index contributed by atoms with van der Waals surface area (Å²) >= 11 is 3.57. The van der Waals surface area contributed by atoms with Gasteiger partial charge in [-0.1, -0.05) is 13.0 Å². The Morgan fingerprint density at radius 3 is 2.57 bits per heavy atom. The fourth-order valence-corrected chi connectivity index (χ4v) is 3.13. The molecule has 114 valence electrons. The number of rotatable bonds is 5. The van der Waals surface area contributed by atoms with Gasteiger partial charge in [0.1, 0.15) is 0 Å². The van der Waals surface area contributed by atoms with E-state index in [-0.39, 0.29) is 6.04 Å². The van der Waals surface area contributed by atoms with Gasteiger partial charge in [-0.3, -0.25) is 4.68 Å². The smallest absolute Gasteiger partial charge is 0.159 e. The SMILES string of the molecule is CCc1nn(C)c(CC(NC)c2ccc(F)c(F)c2)c1Br. The number of likely N-dealkylation sites (N-methyl/N-ethyl adjacent to an activating group) is 1. The Morgan fingerprint density at radius 1 is 1.33 bits per heavy atom. The zero-order valence-corrected chi connectivity index (χ0v) is 13.8. The Balaban J connectivity index is 2.31. The highest BCUT2D eigenvalue weighted by Gasteiger charge is 2.19. The van der Waals surface area contributed by atoms with Crippen molar-refractivity contribution in [1.29, 1.82) is 0 Å². The monoisotopic (exact) mass is 357 g/mol. The first-order chi connectivity index (χ1) is 9.97. The molecule has 0 saturated heterocycles. The first kappa shape index (κ1) is 16.1. The predicted octanol–water partition coefficient (Wildman–Crippen LogP) is 3.53. The number of aryl methyl sites for hydroxylation is 2. The van der Waals surface area contributed by atoms with Crippen LogP contribution in [0.4, 0.5) is 8.78 Å². The lowest BCUT2D eigenvalue weighted by atomic mass is 10.0. The van der Waals surface area contributed by atoms with Crippen molar-refractivity contribution in [3.05, 3.63) is 51.3 Å². The van der Waals surface area contributed by atoms with Crippen LogP contribution in [0.2, 0.25) is 0 Å². The van der Waals surface area contributed by atoms with Crippen LogP contribution in [0.1, 0.15) is 29.9 Å². The van der Waals surface area contributed by atoms with Gasteiger partial charge in [0.15, 0.2) is 11.6 Å². The Bertz CT molecular complexity index is 640. The maximum absolute atomic E-state index is 13.4. The van der Waals surface area contributed by atoms with Gasteiger partial charge < -0.3 is 5.32 Å². The van der Waals surface area contributed by atoms with Gasteiger partial charge in [0.2, 0.25) is 0 Å². The van der Waals surface area contributed by atoms with Crippen LogP contribution in [0.25, 0.3) is 0 Å². The van der Waals surface area contributed by atoms with Crippen LogP contribution in [-0.4, -0.2) is 16.8 Å². The number of hydrogen-bond donors (Lipinski definition) is 1. The van der Waals surface area contributed by atoms with E-state index in [1.807, 2.05) is 18.7 Å². The Hall–Kier alpha value is -1.27. The summed E-state index contributed by atoms with van der Waals surface area (Å²) in [6.45, 7) is 2.04. The molecular weight excluding hydrogens is 340 g/mol. The highest BCUT2D eigenvalue weighted by Crippen LogP contribution is 2.27. The van der Waals surface area contributed by atoms with Crippen molar-refractivity contribution >= 4 is 15.9 Å². The van der Waals surface area contributed by atoms with Crippen molar-refractivity contribution in [2.45, 2.75) is 25.8 Å². The van der Waals surface area contributed by atoms with E-state index in [9.17, 15) is 8.78 Å². The van der Waals surface area contributed by atoms with E-state index in [1.54, 1.807) is 13.1 Å². The van der Waals surface area contributed by atoms with E-state index in [1.165, 1.54) is 6.07 Å². The van der Waals surface area contributed by atoms with Gasteiger partial charge in [-0.05, 0) is 47.1 Å². The van der Waals surface area contributed by atoms with Crippen molar-refractivity contribution in [3.8, 4) is 0 Å². The van der Waals surface area contributed by atoms with Gasteiger partial charge in [0.05, 0.1) is 15.9 Å². The van der Waals surface area contributed by atoms with Crippen molar-refractivity contribution < 1.29 is 8.78 Å². The Morgan fingerprint density at radius 2 is 2.05 bits per heavy atom. The first-order valence-electron chi connectivity index (χ1n) is 6.80. The number of nitrogens with zero attached hydrogens (tertiary/aromatic N) is 2. The summed E-state index contributed by atoms with van der Waals surface area (Å²) in [7, 11) is 3.69. The summed E-state index contributed by atoms with van der Waals surface area (Å²) in [6, 6.07) is 3.88. The summed E-state index contributed by atoms with van der Waals surface area (Å²) in [5.74, 6) is -1.66. The lowest BCUT2D eigenvalue weighted by Crippen LogP contribution is -2.20. The molecule has 0 aliphatic heterocycles. The summed E-state index contributed by atoms with van der Waals surface area (Å²) in [5.41, 5.74) is 2.73. The maximum atomic E-state index is 13.4. The molecule has 3 nitrogen and oxygen atoms in total. The van der Waals surface area contributed by atoms with Crippen molar-refractivity contribution in [2.75, 3.05) is 7.05 Å². The number of aromatic nitrogens is 2. The molecule has 1 atom stereocenters. The largest absolute Gasteiger partial charge is 0.313 e. The van der Waals surface area contributed by atoms with E-state index in [0.717, 1.165) is 28.3 Å². The minimum Gasteiger partial charge on any atom is -0.313 e. The zero-order valence-electron chi connectivity index (χ0n) is 12.3. The molecule has 1 aromatic carbocycles. The van der Waals surface area contributed by atoms with Crippen molar-refractivity contribution in [1.82, 2.24) is 15.1 Å². The molecule has 21 heavy (non-hydrogen) atoms.